The van der Waals surface area contributed by atoms with E-state index in [1.54, 1.807) is 30.3 Å². The number of hydrogen-bond donors (Lipinski definition) is 2. The first kappa shape index (κ1) is 26.0. The Balaban J connectivity index is 1.82. The topological polar surface area (TPSA) is 76.0 Å². The van der Waals surface area contributed by atoms with E-state index in [9.17, 15) is 23.8 Å². The Morgan fingerprint density at radius 3 is 2.66 bits per heavy atom. The molecular formula is C25H34F2O5. The number of rotatable bonds is 13. The summed E-state index contributed by atoms with van der Waals surface area (Å²) in [6, 6.07) is 8.39. The largest absolute Gasteiger partial charge is 0.487 e. The number of esters is 1. The molecule has 0 amide bonds. The Bertz CT molecular complexity index is 735. The maximum atomic E-state index is 14.2. The van der Waals surface area contributed by atoms with Crippen LogP contribution in [0, 0.1) is 11.8 Å². The third-order valence-electron chi connectivity index (χ3n) is 5.45. The van der Waals surface area contributed by atoms with E-state index in [1.807, 2.05) is 19.1 Å². The molecule has 2 N–H and O–H groups in total. The highest BCUT2D eigenvalue weighted by molar-refractivity contribution is 5.69. The summed E-state index contributed by atoms with van der Waals surface area (Å²) in [6.07, 6.45) is 7.31. The van der Waals surface area contributed by atoms with Crippen molar-refractivity contribution < 1.29 is 33.3 Å². The molecule has 0 aliphatic heterocycles. The molecule has 0 spiro atoms. The second-order valence-corrected chi connectivity index (χ2v) is 8.15. The van der Waals surface area contributed by atoms with Gasteiger partial charge in [-0.25, -0.2) is 0 Å². The van der Waals surface area contributed by atoms with Gasteiger partial charge in [0.25, 0.3) is 5.92 Å². The van der Waals surface area contributed by atoms with Gasteiger partial charge in [0.2, 0.25) is 0 Å². The quantitative estimate of drug-likeness (QED) is 0.258. The molecule has 1 aromatic rings. The van der Waals surface area contributed by atoms with Crippen molar-refractivity contribution in [3.05, 3.63) is 54.6 Å². The molecule has 0 heterocycles. The van der Waals surface area contributed by atoms with E-state index in [2.05, 4.69) is 0 Å². The van der Waals surface area contributed by atoms with Gasteiger partial charge >= 0.3 is 5.97 Å². The second-order valence-electron chi connectivity index (χ2n) is 8.15. The van der Waals surface area contributed by atoms with Gasteiger partial charge in [-0.3, -0.25) is 4.79 Å². The minimum atomic E-state index is -3.20. The molecule has 0 saturated heterocycles. The van der Waals surface area contributed by atoms with Crippen molar-refractivity contribution in [3.63, 3.8) is 0 Å². The number of carbonyl (C=O) groups excluding carboxylic acids is 1. The fraction of sp³-hybridized carbons (Fsp3) is 0.560. The first-order valence-electron chi connectivity index (χ1n) is 11.2. The number of carbonyl (C=O) groups is 1. The van der Waals surface area contributed by atoms with Gasteiger partial charge in [-0.05, 0) is 49.8 Å². The Labute approximate surface area is 188 Å². The van der Waals surface area contributed by atoms with E-state index < -0.39 is 30.7 Å². The highest BCUT2D eigenvalue weighted by atomic mass is 19.3. The fourth-order valence-electron chi connectivity index (χ4n) is 3.73. The Morgan fingerprint density at radius 2 is 1.94 bits per heavy atom. The summed E-state index contributed by atoms with van der Waals surface area (Å²) in [4.78, 5) is 11.5. The maximum absolute atomic E-state index is 14.2. The standard InChI is InChI=1S/C25H34F2O5/c1-2-16-31-24(30)13-9-4-3-8-12-20-21(23(29)17-22(20)28)14-15-25(26,27)18-32-19-10-6-5-7-11-19/h3,5-8,10-11,14-15,20-23,28-29H,2,4,9,12-13,16-18H2,1H3/b8-3-,15-14+/t20-,21-,22+,23-/m1/s1. The highest BCUT2D eigenvalue weighted by Crippen LogP contribution is 2.37. The summed E-state index contributed by atoms with van der Waals surface area (Å²) in [7, 11) is 0. The zero-order valence-electron chi connectivity index (χ0n) is 18.5. The van der Waals surface area contributed by atoms with E-state index in [0.29, 0.717) is 38.0 Å². The average molecular weight is 453 g/mol. The van der Waals surface area contributed by atoms with Gasteiger partial charge in [-0.2, -0.15) is 8.78 Å². The lowest BCUT2D eigenvalue weighted by atomic mass is 9.89. The van der Waals surface area contributed by atoms with Crippen LogP contribution in [-0.4, -0.2) is 47.5 Å². The summed E-state index contributed by atoms with van der Waals surface area (Å²) in [5.74, 6) is -3.97. The van der Waals surface area contributed by atoms with Crippen molar-refractivity contribution in [2.24, 2.45) is 11.8 Å². The zero-order valence-corrected chi connectivity index (χ0v) is 18.5. The molecule has 1 aliphatic rings. The SMILES string of the molecule is CCCOC(=O)CCC/C=C\C[C@@H]1[C@@H](/C=C/C(F)(F)COc2ccccc2)[C@H](O)C[C@@H]1O. The minimum Gasteiger partial charge on any atom is -0.487 e. The van der Waals surface area contributed by atoms with Crippen LogP contribution >= 0.6 is 0 Å². The normalized spacial score (nSPS) is 23.8. The van der Waals surface area contributed by atoms with Crippen molar-refractivity contribution in [1.29, 1.82) is 0 Å². The van der Waals surface area contributed by atoms with Crippen LogP contribution in [-0.2, 0) is 9.53 Å². The summed E-state index contributed by atoms with van der Waals surface area (Å²) in [5, 5.41) is 20.5. The smallest absolute Gasteiger partial charge is 0.305 e. The lowest BCUT2D eigenvalue weighted by molar-refractivity contribution is -0.143. The summed E-state index contributed by atoms with van der Waals surface area (Å²) < 4.78 is 38.6. The molecular weight excluding hydrogens is 418 g/mol. The number of ether oxygens (including phenoxy) is 2. The molecule has 4 atom stereocenters. The minimum absolute atomic E-state index is 0.156. The predicted molar refractivity (Wildman–Crippen MR) is 118 cm³/mol. The van der Waals surface area contributed by atoms with E-state index in [0.717, 1.165) is 12.5 Å². The lowest BCUT2D eigenvalue weighted by Gasteiger charge is -2.20. The number of aliphatic hydroxyl groups is 2. The molecule has 178 valence electrons. The summed E-state index contributed by atoms with van der Waals surface area (Å²) in [5.41, 5.74) is 0. The van der Waals surface area contributed by atoms with Crippen molar-refractivity contribution >= 4 is 5.97 Å². The Morgan fingerprint density at radius 1 is 1.19 bits per heavy atom. The van der Waals surface area contributed by atoms with Crippen LogP contribution in [0.5, 0.6) is 5.75 Å². The van der Waals surface area contributed by atoms with Crippen LogP contribution in [0.1, 0.15) is 45.4 Å². The van der Waals surface area contributed by atoms with Gasteiger partial charge in [0, 0.05) is 18.8 Å². The van der Waals surface area contributed by atoms with Crippen molar-refractivity contribution in [1.82, 2.24) is 0 Å². The number of hydrogen-bond acceptors (Lipinski definition) is 5. The zero-order chi connectivity index (χ0) is 23.4. The fourth-order valence-corrected chi connectivity index (χ4v) is 3.73. The Hall–Kier alpha value is -2.25. The average Bonchev–Trinajstić information content (AvgIpc) is 3.04. The highest BCUT2D eigenvalue weighted by Gasteiger charge is 2.40. The van der Waals surface area contributed by atoms with Gasteiger partial charge < -0.3 is 19.7 Å². The van der Waals surface area contributed by atoms with E-state index in [-0.39, 0.29) is 18.3 Å². The third-order valence-corrected chi connectivity index (χ3v) is 5.45. The molecule has 0 aromatic heterocycles. The first-order chi connectivity index (χ1) is 15.3. The van der Waals surface area contributed by atoms with Gasteiger partial charge in [0.05, 0.1) is 18.8 Å². The molecule has 32 heavy (non-hydrogen) atoms. The number of para-hydroxylation sites is 1. The predicted octanol–water partition coefficient (Wildman–Crippen LogP) is 4.68. The molecule has 1 fully saturated rings. The number of benzene rings is 1. The van der Waals surface area contributed by atoms with Gasteiger partial charge in [-0.15, -0.1) is 0 Å². The number of allylic oxidation sites excluding steroid dienone is 2. The van der Waals surface area contributed by atoms with Gasteiger partial charge in [0.15, 0.2) is 6.61 Å². The number of aliphatic hydroxyl groups excluding tert-OH is 2. The lowest BCUT2D eigenvalue weighted by Crippen LogP contribution is -2.25. The van der Waals surface area contributed by atoms with Crippen LogP contribution in [0.4, 0.5) is 8.78 Å². The van der Waals surface area contributed by atoms with E-state index in [1.165, 1.54) is 6.08 Å². The first-order valence-corrected chi connectivity index (χ1v) is 11.2. The monoisotopic (exact) mass is 452 g/mol. The van der Waals surface area contributed by atoms with E-state index >= 15 is 0 Å². The van der Waals surface area contributed by atoms with Crippen molar-refractivity contribution in [2.45, 2.75) is 63.6 Å². The van der Waals surface area contributed by atoms with Crippen LogP contribution in [0.15, 0.2) is 54.6 Å². The number of unbranched alkanes of at least 4 members (excludes halogenated alkanes) is 1. The van der Waals surface area contributed by atoms with Crippen LogP contribution in [0.25, 0.3) is 0 Å². The molecule has 1 aliphatic carbocycles. The van der Waals surface area contributed by atoms with Crippen LogP contribution in [0.2, 0.25) is 0 Å². The second kappa shape index (κ2) is 13.3. The molecule has 1 saturated carbocycles. The summed E-state index contributed by atoms with van der Waals surface area (Å²) in [6.45, 7) is 1.57. The molecule has 7 heteroatoms. The van der Waals surface area contributed by atoms with Crippen molar-refractivity contribution in [2.75, 3.05) is 13.2 Å². The van der Waals surface area contributed by atoms with E-state index in [4.69, 9.17) is 9.47 Å². The van der Waals surface area contributed by atoms with Gasteiger partial charge in [0.1, 0.15) is 5.75 Å². The molecule has 0 unspecified atom stereocenters. The van der Waals surface area contributed by atoms with Crippen molar-refractivity contribution in [3.8, 4) is 5.75 Å². The molecule has 0 bridgehead atoms. The summed E-state index contributed by atoms with van der Waals surface area (Å²) >= 11 is 0. The van der Waals surface area contributed by atoms with Gasteiger partial charge in [-0.1, -0.05) is 43.4 Å². The maximum Gasteiger partial charge on any atom is 0.305 e. The number of alkyl halides is 2. The number of halogens is 2. The molecule has 1 aromatic carbocycles. The van der Waals surface area contributed by atoms with Crippen LogP contribution in [0.3, 0.4) is 0 Å². The van der Waals surface area contributed by atoms with Crippen LogP contribution < -0.4 is 4.74 Å². The molecule has 5 nitrogen and oxygen atoms in total. The Kier molecular flexibility index (Phi) is 10.8. The molecule has 0 radical (unpaired) electrons. The molecule has 2 rings (SSSR count). The third kappa shape index (κ3) is 9.09.